The van der Waals surface area contributed by atoms with Crippen molar-refractivity contribution in [3.63, 3.8) is 0 Å². The minimum Gasteiger partial charge on any atom is -0.469 e. The Hall–Kier alpha value is -1.56. The second-order valence-electron chi connectivity index (χ2n) is 3.51. The molecule has 0 saturated heterocycles. The van der Waals surface area contributed by atoms with E-state index in [2.05, 4.69) is 9.72 Å². The number of hydrogen-bond donors (Lipinski definition) is 1. The minimum atomic E-state index is -2.65. The highest BCUT2D eigenvalue weighted by atomic mass is 19.3. The number of ether oxygens (including phenoxy) is 1. The Morgan fingerprint density at radius 1 is 1.53 bits per heavy atom. The predicted molar refractivity (Wildman–Crippen MR) is 57.5 cm³/mol. The van der Waals surface area contributed by atoms with Crippen molar-refractivity contribution < 1.29 is 18.3 Å². The number of alkyl halides is 2. The lowest BCUT2D eigenvalue weighted by Crippen LogP contribution is -2.14. The van der Waals surface area contributed by atoms with Gasteiger partial charge in [0.1, 0.15) is 0 Å². The lowest BCUT2D eigenvalue weighted by atomic mass is 9.99. The lowest BCUT2D eigenvalue weighted by Gasteiger charge is -2.14. The first-order valence-corrected chi connectivity index (χ1v) is 5.03. The van der Waals surface area contributed by atoms with Crippen molar-refractivity contribution in [1.82, 2.24) is 4.98 Å². The lowest BCUT2D eigenvalue weighted by molar-refractivity contribution is -0.139. The molecule has 0 aromatic carbocycles. The van der Waals surface area contributed by atoms with Crippen LogP contribution in [-0.2, 0) is 22.5 Å². The van der Waals surface area contributed by atoms with Gasteiger partial charge in [0.25, 0.3) is 6.43 Å². The number of carbonyl (C=O) groups is 1. The zero-order chi connectivity index (χ0) is 13.0. The normalized spacial score (nSPS) is 10.7. The predicted octanol–water partition coefficient (Wildman–Crippen LogP) is 1.50. The monoisotopic (exact) mass is 244 g/mol. The summed E-state index contributed by atoms with van der Waals surface area (Å²) in [5.74, 6) is -0.504. The molecule has 0 radical (unpaired) electrons. The number of aryl methyl sites for hydroxylation is 1. The van der Waals surface area contributed by atoms with Crippen molar-refractivity contribution in [2.45, 2.75) is 26.3 Å². The number of nitrogens with zero attached hydrogens (tertiary/aromatic N) is 1. The minimum absolute atomic E-state index is 0.0602. The summed E-state index contributed by atoms with van der Waals surface area (Å²) < 4.78 is 30.0. The maximum Gasteiger partial charge on any atom is 0.310 e. The Morgan fingerprint density at radius 2 is 2.18 bits per heavy atom. The molecule has 1 aromatic heterocycles. The third kappa shape index (κ3) is 2.97. The van der Waals surface area contributed by atoms with E-state index < -0.39 is 12.4 Å². The number of nitrogens with two attached hydrogens (primary N) is 1. The highest BCUT2D eigenvalue weighted by Gasteiger charge is 2.19. The van der Waals surface area contributed by atoms with Crippen LogP contribution in [0.15, 0.2) is 6.20 Å². The second-order valence-corrected chi connectivity index (χ2v) is 3.51. The molecule has 0 atom stereocenters. The summed E-state index contributed by atoms with van der Waals surface area (Å²) >= 11 is 0. The van der Waals surface area contributed by atoms with Crippen molar-refractivity contribution >= 4 is 5.97 Å². The van der Waals surface area contributed by atoms with Crippen LogP contribution in [0.1, 0.15) is 28.8 Å². The van der Waals surface area contributed by atoms with Gasteiger partial charge in [-0.3, -0.25) is 9.78 Å². The van der Waals surface area contributed by atoms with Gasteiger partial charge in [0.15, 0.2) is 0 Å². The van der Waals surface area contributed by atoms with Gasteiger partial charge in [0.2, 0.25) is 0 Å². The average Bonchev–Trinajstić information content (AvgIpc) is 2.30. The van der Waals surface area contributed by atoms with Gasteiger partial charge < -0.3 is 10.5 Å². The van der Waals surface area contributed by atoms with Crippen molar-refractivity contribution in [2.24, 2.45) is 5.73 Å². The molecule has 0 amide bonds. The largest absolute Gasteiger partial charge is 0.469 e. The summed E-state index contributed by atoms with van der Waals surface area (Å²) in [6.07, 6.45) is -1.65. The van der Waals surface area contributed by atoms with Crippen LogP contribution in [0.2, 0.25) is 0 Å². The highest BCUT2D eigenvalue weighted by molar-refractivity contribution is 5.73. The van der Waals surface area contributed by atoms with Crippen molar-refractivity contribution in [3.05, 3.63) is 28.6 Å². The molecule has 94 valence electrons. The first-order valence-electron chi connectivity index (χ1n) is 5.03. The summed E-state index contributed by atoms with van der Waals surface area (Å²) in [5.41, 5.74) is 6.45. The van der Waals surface area contributed by atoms with E-state index in [-0.39, 0.29) is 24.1 Å². The van der Waals surface area contributed by atoms with Gasteiger partial charge in [-0.05, 0) is 18.1 Å². The van der Waals surface area contributed by atoms with Gasteiger partial charge >= 0.3 is 5.97 Å². The third-order valence-electron chi connectivity index (χ3n) is 2.53. The number of aromatic nitrogens is 1. The Bertz CT molecular complexity index is 422. The first-order chi connectivity index (χ1) is 8.01. The Kier molecular flexibility index (Phi) is 4.51. The van der Waals surface area contributed by atoms with E-state index in [0.717, 1.165) is 6.20 Å². The van der Waals surface area contributed by atoms with Crippen LogP contribution in [0.3, 0.4) is 0 Å². The van der Waals surface area contributed by atoms with Gasteiger partial charge in [0, 0.05) is 24.0 Å². The number of esters is 1. The van der Waals surface area contributed by atoms with Gasteiger partial charge in [-0.15, -0.1) is 0 Å². The molecule has 1 aromatic rings. The molecule has 0 aliphatic heterocycles. The van der Waals surface area contributed by atoms with Crippen LogP contribution in [0.5, 0.6) is 0 Å². The summed E-state index contributed by atoms with van der Waals surface area (Å²) in [7, 11) is 1.24. The van der Waals surface area contributed by atoms with E-state index in [1.54, 1.807) is 6.92 Å². The van der Waals surface area contributed by atoms with E-state index in [9.17, 15) is 13.6 Å². The van der Waals surface area contributed by atoms with E-state index in [4.69, 9.17) is 5.73 Å². The summed E-state index contributed by atoms with van der Waals surface area (Å²) in [6.45, 7) is 1.59. The van der Waals surface area contributed by atoms with Crippen LogP contribution in [-0.4, -0.2) is 18.1 Å². The molecular weight excluding hydrogens is 230 g/mol. The van der Waals surface area contributed by atoms with Crippen LogP contribution in [0, 0.1) is 6.92 Å². The molecule has 4 nitrogen and oxygen atoms in total. The molecular formula is C11H14F2N2O2. The van der Waals surface area contributed by atoms with Crippen LogP contribution in [0.4, 0.5) is 8.78 Å². The van der Waals surface area contributed by atoms with E-state index >= 15 is 0 Å². The molecule has 0 fully saturated rings. The quantitative estimate of drug-likeness (QED) is 0.815. The molecule has 0 spiro atoms. The maximum absolute atomic E-state index is 12.7. The van der Waals surface area contributed by atoms with E-state index in [0.29, 0.717) is 11.3 Å². The number of rotatable bonds is 4. The topological polar surface area (TPSA) is 65.2 Å². The summed E-state index contributed by atoms with van der Waals surface area (Å²) in [6, 6.07) is 0. The maximum atomic E-state index is 12.7. The fourth-order valence-corrected chi connectivity index (χ4v) is 1.60. The molecule has 0 aliphatic rings. The molecule has 2 N–H and O–H groups in total. The second kappa shape index (κ2) is 5.67. The molecule has 0 saturated carbocycles. The fourth-order valence-electron chi connectivity index (χ4n) is 1.60. The molecule has 1 heterocycles. The molecule has 6 heteroatoms. The SMILES string of the molecule is COC(=O)Cc1c(C)ncc(C(F)F)c1CN. The molecule has 17 heavy (non-hydrogen) atoms. The number of methoxy groups -OCH3 is 1. The third-order valence-corrected chi connectivity index (χ3v) is 2.53. The van der Waals surface area contributed by atoms with Gasteiger partial charge in [-0.2, -0.15) is 0 Å². The van der Waals surface area contributed by atoms with Gasteiger partial charge in [-0.1, -0.05) is 0 Å². The molecule has 0 unspecified atom stereocenters. The van der Waals surface area contributed by atoms with Crippen LogP contribution < -0.4 is 5.73 Å². The van der Waals surface area contributed by atoms with E-state index in [1.807, 2.05) is 0 Å². The molecule has 0 aliphatic carbocycles. The number of hydrogen-bond acceptors (Lipinski definition) is 4. The Balaban J connectivity index is 3.25. The average molecular weight is 244 g/mol. The molecule has 1 rings (SSSR count). The zero-order valence-corrected chi connectivity index (χ0v) is 9.67. The van der Waals surface area contributed by atoms with Crippen molar-refractivity contribution in [3.8, 4) is 0 Å². The molecule has 0 bridgehead atoms. The fraction of sp³-hybridized carbons (Fsp3) is 0.455. The van der Waals surface area contributed by atoms with Gasteiger partial charge in [0.05, 0.1) is 13.5 Å². The van der Waals surface area contributed by atoms with E-state index in [1.165, 1.54) is 7.11 Å². The first kappa shape index (κ1) is 13.5. The Morgan fingerprint density at radius 3 is 2.65 bits per heavy atom. The van der Waals surface area contributed by atoms with Crippen LogP contribution >= 0.6 is 0 Å². The standard InChI is InChI=1S/C11H14F2N2O2/c1-6-7(3-10(16)17-2)8(4-14)9(5-15-6)11(12)13/h5,11H,3-4,14H2,1-2H3. The number of pyridine rings is 1. The summed E-state index contributed by atoms with van der Waals surface area (Å²) in [4.78, 5) is 15.1. The highest BCUT2D eigenvalue weighted by Crippen LogP contribution is 2.26. The smallest absolute Gasteiger partial charge is 0.310 e. The van der Waals surface area contributed by atoms with Crippen LogP contribution in [0.25, 0.3) is 0 Å². The zero-order valence-electron chi connectivity index (χ0n) is 9.67. The number of halogens is 2. The number of carbonyl (C=O) groups excluding carboxylic acids is 1. The summed E-state index contributed by atoms with van der Waals surface area (Å²) in [5, 5.41) is 0. The van der Waals surface area contributed by atoms with Crippen molar-refractivity contribution in [1.29, 1.82) is 0 Å². The van der Waals surface area contributed by atoms with Crippen molar-refractivity contribution in [2.75, 3.05) is 7.11 Å². The Labute approximate surface area is 97.8 Å². The van der Waals surface area contributed by atoms with Gasteiger partial charge in [-0.25, -0.2) is 8.78 Å².